The summed E-state index contributed by atoms with van der Waals surface area (Å²) in [6.45, 7) is 3.39. The molecule has 2 amide bonds. The number of thiophene rings is 1. The van der Waals surface area contributed by atoms with Gasteiger partial charge >= 0.3 is 0 Å². The molecular formula is C18H19FN2O2S2. The Kier molecular flexibility index (Phi) is 5.75. The summed E-state index contributed by atoms with van der Waals surface area (Å²) in [4.78, 5) is 28.3. The predicted molar refractivity (Wildman–Crippen MR) is 99.2 cm³/mol. The third-order valence-corrected chi connectivity index (χ3v) is 6.12. The molecule has 1 atom stereocenters. The molecule has 0 N–H and O–H groups in total. The van der Waals surface area contributed by atoms with Crippen LogP contribution < -0.4 is 0 Å². The zero-order valence-corrected chi connectivity index (χ0v) is 15.5. The summed E-state index contributed by atoms with van der Waals surface area (Å²) in [5.41, 5.74) is 1.59. The number of likely N-dealkylation sites (N-methyl/N-ethyl adjacent to an activating group) is 1. The van der Waals surface area contributed by atoms with E-state index in [1.807, 2.05) is 23.3 Å². The highest BCUT2D eigenvalue weighted by molar-refractivity contribution is 8.00. The molecule has 4 nitrogen and oxygen atoms in total. The van der Waals surface area contributed by atoms with Crippen LogP contribution in [0, 0.1) is 5.82 Å². The van der Waals surface area contributed by atoms with Crippen LogP contribution in [0.15, 0.2) is 41.1 Å². The summed E-state index contributed by atoms with van der Waals surface area (Å²) in [5, 5.41) is 4.09. The molecule has 2 aromatic rings. The summed E-state index contributed by atoms with van der Waals surface area (Å²) in [6, 6.07) is 7.59. The second-order valence-electron chi connectivity index (χ2n) is 5.70. The summed E-state index contributed by atoms with van der Waals surface area (Å²) >= 11 is 3.24. The highest BCUT2D eigenvalue weighted by Crippen LogP contribution is 2.39. The molecule has 0 spiro atoms. The first-order valence-corrected chi connectivity index (χ1v) is 10.1. The van der Waals surface area contributed by atoms with Crippen molar-refractivity contribution >= 4 is 34.9 Å². The number of thioether (sulfide) groups is 1. The largest absolute Gasteiger partial charge is 0.337 e. The van der Waals surface area contributed by atoms with E-state index in [0.717, 1.165) is 5.56 Å². The van der Waals surface area contributed by atoms with Crippen molar-refractivity contribution in [2.24, 2.45) is 0 Å². The number of halogens is 1. The Labute approximate surface area is 154 Å². The van der Waals surface area contributed by atoms with E-state index in [4.69, 9.17) is 0 Å². The van der Waals surface area contributed by atoms with Gasteiger partial charge in [0.05, 0.1) is 5.75 Å². The Bertz CT molecular complexity index is 734. The minimum Gasteiger partial charge on any atom is -0.337 e. The first-order chi connectivity index (χ1) is 12.1. The second kappa shape index (κ2) is 8.01. The van der Waals surface area contributed by atoms with Crippen LogP contribution in [0.25, 0.3) is 0 Å². The fourth-order valence-electron chi connectivity index (χ4n) is 2.79. The average molecular weight is 378 g/mol. The monoisotopic (exact) mass is 378 g/mol. The van der Waals surface area contributed by atoms with Gasteiger partial charge < -0.3 is 9.80 Å². The Morgan fingerprint density at radius 2 is 2.08 bits per heavy atom. The van der Waals surface area contributed by atoms with Crippen molar-refractivity contribution in [1.82, 2.24) is 9.80 Å². The molecule has 1 aliphatic heterocycles. The lowest BCUT2D eigenvalue weighted by atomic mass is 10.2. The fourth-order valence-corrected chi connectivity index (χ4v) is 4.77. The van der Waals surface area contributed by atoms with Crippen LogP contribution in [0.3, 0.4) is 0 Å². The SMILES string of the molecule is CCN(CCN1C(=O)CS[C@H]1c1ccsc1)C(=O)c1ccc(F)cc1. The van der Waals surface area contributed by atoms with Gasteiger partial charge in [-0.15, -0.1) is 11.8 Å². The molecule has 1 aliphatic rings. The van der Waals surface area contributed by atoms with Crippen molar-refractivity contribution in [3.63, 3.8) is 0 Å². The van der Waals surface area contributed by atoms with Crippen molar-refractivity contribution in [2.75, 3.05) is 25.4 Å². The van der Waals surface area contributed by atoms with E-state index < -0.39 is 0 Å². The average Bonchev–Trinajstić information content (AvgIpc) is 3.26. The Morgan fingerprint density at radius 3 is 2.72 bits per heavy atom. The lowest BCUT2D eigenvalue weighted by Crippen LogP contribution is -2.40. The summed E-state index contributed by atoms with van der Waals surface area (Å²) < 4.78 is 13.0. The number of carbonyl (C=O) groups excluding carboxylic acids is 2. The Balaban J connectivity index is 1.66. The van der Waals surface area contributed by atoms with Crippen LogP contribution >= 0.6 is 23.1 Å². The van der Waals surface area contributed by atoms with E-state index in [-0.39, 0.29) is 23.0 Å². The van der Waals surface area contributed by atoms with Crippen LogP contribution in [0.2, 0.25) is 0 Å². The zero-order valence-electron chi connectivity index (χ0n) is 13.9. The van der Waals surface area contributed by atoms with Crippen LogP contribution in [0.5, 0.6) is 0 Å². The molecule has 0 saturated carbocycles. The number of benzene rings is 1. The molecule has 2 heterocycles. The molecule has 1 aromatic carbocycles. The zero-order chi connectivity index (χ0) is 17.8. The van der Waals surface area contributed by atoms with E-state index in [9.17, 15) is 14.0 Å². The normalized spacial score (nSPS) is 17.1. The smallest absolute Gasteiger partial charge is 0.253 e. The standard InChI is InChI=1S/C18H19FN2O2S2/c1-2-20(17(23)13-3-5-15(19)6-4-13)8-9-21-16(22)12-25-18(21)14-7-10-24-11-14/h3-7,10-11,18H,2,8-9,12H2,1H3/t18-/m0/s1. The third-order valence-electron chi connectivity index (χ3n) is 4.17. The lowest BCUT2D eigenvalue weighted by molar-refractivity contribution is -0.128. The highest BCUT2D eigenvalue weighted by Gasteiger charge is 2.33. The molecule has 1 fully saturated rings. The van der Waals surface area contributed by atoms with Gasteiger partial charge in [0.15, 0.2) is 0 Å². The van der Waals surface area contributed by atoms with E-state index in [1.54, 1.807) is 28.0 Å². The quantitative estimate of drug-likeness (QED) is 0.771. The molecule has 132 valence electrons. The maximum Gasteiger partial charge on any atom is 0.253 e. The molecule has 0 aliphatic carbocycles. The van der Waals surface area contributed by atoms with Gasteiger partial charge in [-0.3, -0.25) is 9.59 Å². The van der Waals surface area contributed by atoms with Crippen LogP contribution in [-0.4, -0.2) is 47.0 Å². The molecule has 1 aromatic heterocycles. The molecule has 0 radical (unpaired) electrons. The van der Waals surface area contributed by atoms with Crippen molar-refractivity contribution < 1.29 is 14.0 Å². The van der Waals surface area contributed by atoms with E-state index >= 15 is 0 Å². The molecule has 0 unspecified atom stereocenters. The predicted octanol–water partition coefficient (Wildman–Crippen LogP) is 3.62. The maximum absolute atomic E-state index is 13.0. The van der Waals surface area contributed by atoms with Crippen LogP contribution in [-0.2, 0) is 4.79 Å². The number of hydrogen-bond acceptors (Lipinski definition) is 4. The van der Waals surface area contributed by atoms with E-state index in [2.05, 4.69) is 5.38 Å². The van der Waals surface area contributed by atoms with Crippen molar-refractivity contribution in [3.8, 4) is 0 Å². The number of hydrogen-bond donors (Lipinski definition) is 0. The summed E-state index contributed by atoms with van der Waals surface area (Å²) in [6.07, 6.45) is 0. The Hall–Kier alpha value is -1.86. The second-order valence-corrected chi connectivity index (χ2v) is 7.55. The molecule has 25 heavy (non-hydrogen) atoms. The molecule has 7 heteroatoms. The first kappa shape index (κ1) is 17.9. The molecule has 0 bridgehead atoms. The lowest BCUT2D eigenvalue weighted by Gasteiger charge is -2.28. The Morgan fingerprint density at radius 1 is 1.32 bits per heavy atom. The van der Waals surface area contributed by atoms with Crippen molar-refractivity contribution in [1.29, 1.82) is 0 Å². The van der Waals surface area contributed by atoms with Gasteiger partial charge in [0, 0.05) is 25.2 Å². The van der Waals surface area contributed by atoms with Crippen LogP contribution in [0.1, 0.15) is 28.2 Å². The first-order valence-electron chi connectivity index (χ1n) is 8.08. The number of rotatable bonds is 6. The molecule has 1 saturated heterocycles. The molecular weight excluding hydrogens is 359 g/mol. The van der Waals surface area contributed by atoms with Crippen LogP contribution in [0.4, 0.5) is 4.39 Å². The number of amides is 2. The number of nitrogens with zero attached hydrogens (tertiary/aromatic N) is 2. The van der Waals surface area contributed by atoms with Crippen molar-refractivity contribution in [2.45, 2.75) is 12.3 Å². The number of carbonyl (C=O) groups is 2. The summed E-state index contributed by atoms with van der Waals surface area (Å²) in [7, 11) is 0. The van der Waals surface area contributed by atoms with Gasteiger partial charge in [-0.25, -0.2) is 4.39 Å². The van der Waals surface area contributed by atoms with E-state index in [0.29, 0.717) is 31.0 Å². The van der Waals surface area contributed by atoms with E-state index in [1.165, 1.54) is 24.3 Å². The van der Waals surface area contributed by atoms with Gasteiger partial charge in [-0.2, -0.15) is 11.3 Å². The highest BCUT2D eigenvalue weighted by atomic mass is 32.2. The minimum atomic E-state index is -0.363. The van der Waals surface area contributed by atoms with Gasteiger partial charge in [0.25, 0.3) is 5.91 Å². The van der Waals surface area contributed by atoms with Gasteiger partial charge in [-0.1, -0.05) is 0 Å². The molecule has 3 rings (SSSR count). The topological polar surface area (TPSA) is 40.6 Å². The fraction of sp³-hybridized carbons (Fsp3) is 0.333. The third kappa shape index (κ3) is 4.04. The van der Waals surface area contributed by atoms with Gasteiger partial charge in [-0.05, 0) is 53.6 Å². The van der Waals surface area contributed by atoms with Gasteiger partial charge in [0.1, 0.15) is 11.2 Å². The van der Waals surface area contributed by atoms with Crippen molar-refractivity contribution in [3.05, 3.63) is 58.0 Å². The minimum absolute atomic E-state index is 0.0263. The van der Waals surface area contributed by atoms with Gasteiger partial charge in [0.2, 0.25) is 5.91 Å². The maximum atomic E-state index is 13.0. The summed E-state index contributed by atoms with van der Waals surface area (Å²) in [5.74, 6) is 0.0664.